The Labute approximate surface area is 140 Å². The number of rotatable bonds is 6. The Bertz CT molecular complexity index is 572. The van der Waals surface area contributed by atoms with Crippen molar-refractivity contribution in [2.24, 2.45) is 5.92 Å². The Morgan fingerprint density at radius 1 is 1.04 bits per heavy atom. The lowest BCUT2D eigenvalue weighted by Crippen LogP contribution is -2.52. The predicted molar refractivity (Wildman–Crippen MR) is 87.2 cm³/mol. The van der Waals surface area contributed by atoms with Gasteiger partial charge in [0.2, 0.25) is 5.91 Å². The average molecular weight is 341 g/mol. The summed E-state index contributed by atoms with van der Waals surface area (Å²) in [6, 6.07) is 4.74. The SMILES string of the molecule is COC(=O)C(NC(=O)C(C)NC(=O)c1ccc(Cl)cc1)C(C)C. The van der Waals surface area contributed by atoms with Crippen LogP contribution >= 0.6 is 11.6 Å². The number of carbonyl (C=O) groups excluding carboxylic acids is 3. The number of esters is 1. The number of hydrogen-bond acceptors (Lipinski definition) is 4. The van der Waals surface area contributed by atoms with E-state index in [0.29, 0.717) is 10.6 Å². The number of hydrogen-bond donors (Lipinski definition) is 2. The minimum absolute atomic E-state index is 0.134. The zero-order valence-corrected chi connectivity index (χ0v) is 14.3. The maximum atomic E-state index is 12.1. The highest BCUT2D eigenvalue weighted by Crippen LogP contribution is 2.09. The number of methoxy groups -OCH3 is 1. The van der Waals surface area contributed by atoms with Crippen molar-refractivity contribution in [3.63, 3.8) is 0 Å². The molecule has 1 rings (SSSR count). The fourth-order valence-corrected chi connectivity index (χ4v) is 1.98. The maximum Gasteiger partial charge on any atom is 0.328 e. The second-order valence-corrected chi connectivity index (χ2v) is 5.89. The highest BCUT2D eigenvalue weighted by atomic mass is 35.5. The summed E-state index contributed by atoms with van der Waals surface area (Å²) in [7, 11) is 1.26. The average Bonchev–Trinajstić information content (AvgIpc) is 2.51. The van der Waals surface area contributed by atoms with E-state index in [4.69, 9.17) is 11.6 Å². The van der Waals surface area contributed by atoms with Gasteiger partial charge in [0, 0.05) is 10.6 Å². The third-order valence-corrected chi connectivity index (χ3v) is 3.52. The van der Waals surface area contributed by atoms with Gasteiger partial charge in [-0.2, -0.15) is 0 Å². The van der Waals surface area contributed by atoms with Gasteiger partial charge in [-0.3, -0.25) is 9.59 Å². The molecule has 0 aliphatic carbocycles. The summed E-state index contributed by atoms with van der Waals surface area (Å²) < 4.78 is 4.66. The summed E-state index contributed by atoms with van der Waals surface area (Å²) in [6.45, 7) is 5.12. The first-order valence-corrected chi connectivity index (χ1v) is 7.58. The van der Waals surface area contributed by atoms with E-state index in [0.717, 1.165) is 0 Å². The van der Waals surface area contributed by atoms with E-state index in [1.54, 1.807) is 38.1 Å². The van der Waals surface area contributed by atoms with Crippen molar-refractivity contribution in [2.75, 3.05) is 7.11 Å². The van der Waals surface area contributed by atoms with Gasteiger partial charge in [-0.05, 0) is 37.1 Å². The van der Waals surface area contributed by atoms with Crippen LogP contribution in [0, 0.1) is 5.92 Å². The first kappa shape index (κ1) is 19.0. The third-order valence-electron chi connectivity index (χ3n) is 3.27. The molecule has 0 radical (unpaired) electrons. The van der Waals surface area contributed by atoms with Gasteiger partial charge in [-0.15, -0.1) is 0 Å². The summed E-state index contributed by atoms with van der Waals surface area (Å²) in [5.41, 5.74) is 0.391. The van der Waals surface area contributed by atoms with Crippen LogP contribution in [0.15, 0.2) is 24.3 Å². The van der Waals surface area contributed by atoms with Gasteiger partial charge in [0.05, 0.1) is 7.11 Å². The molecule has 0 aromatic heterocycles. The van der Waals surface area contributed by atoms with Crippen LogP contribution in [0.25, 0.3) is 0 Å². The fourth-order valence-electron chi connectivity index (χ4n) is 1.85. The summed E-state index contributed by atoms with van der Waals surface area (Å²) >= 11 is 5.76. The molecule has 6 nitrogen and oxygen atoms in total. The molecule has 0 bridgehead atoms. The highest BCUT2D eigenvalue weighted by molar-refractivity contribution is 6.30. The minimum Gasteiger partial charge on any atom is -0.467 e. The number of carbonyl (C=O) groups is 3. The van der Waals surface area contributed by atoms with Gasteiger partial charge >= 0.3 is 5.97 Å². The molecule has 0 saturated heterocycles. The van der Waals surface area contributed by atoms with Crippen LogP contribution in [0.3, 0.4) is 0 Å². The standard InChI is InChI=1S/C16H21ClN2O4/c1-9(2)13(16(22)23-4)19-14(20)10(3)18-15(21)11-5-7-12(17)8-6-11/h5-10,13H,1-4H3,(H,18,21)(H,19,20). The van der Waals surface area contributed by atoms with E-state index < -0.39 is 29.9 Å². The molecule has 1 aromatic carbocycles. The van der Waals surface area contributed by atoms with Crippen LogP contribution < -0.4 is 10.6 Å². The van der Waals surface area contributed by atoms with Crippen LogP contribution in [-0.2, 0) is 14.3 Å². The van der Waals surface area contributed by atoms with E-state index in [2.05, 4.69) is 15.4 Å². The molecule has 7 heteroatoms. The zero-order chi connectivity index (χ0) is 17.6. The summed E-state index contributed by atoms with van der Waals surface area (Å²) in [6.07, 6.45) is 0. The Hall–Kier alpha value is -2.08. The van der Waals surface area contributed by atoms with Crippen molar-refractivity contribution in [1.29, 1.82) is 0 Å². The fraction of sp³-hybridized carbons (Fsp3) is 0.438. The quantitative estimate of drug-likeness (QED) is 0.773. The number of halogens is 1. The molecule has 23 heavy (non-hydrogen) atoms. The summed E-state index contributed by atoms with van der Waals surface area (Å²) in [5, 5.41) is 5.67. The van der Waals surface area contributed by atoms with Crippen molar-refractivity contribution in [1.82, 2.24) is 10.6 Å². The number of nitrogens with one attached hydrogen (secondary N) is 2. The Kier molecular flexibility index (Phi) is 7.03. The smallest absolute Gasteiger partial charge is 0.328 e. The van der Waals surface area contributed by atoms with Crippen LogP contribution in [-0.4, -0.2) is 37.0 Å². The first-order chi connectivity index (χ1) is 10.8. The third kappa shape index (κ3) is 5.56. The molecule has 0 aliphatic heterocycles. The normalized spacial score (nSPS) is 13.1. The van der Waals surface area contributed by atoms with Crippen molar-refractivity contribution in [2.45, 2.75) is 32.9 Å². The molecule has 0 aliphatic rings. The van der Waals surface area contributed by atoms with E-state index >= 15 is 0 Å². The van der Waals surface area contributed by atoms with Crippen LogP contribution in [0.5, 0.6) is 0 Å². The minimum atomic E-state index is -0.802. The van der Waals surface area contributed by atoms with E-state index in [-0.39, 0.29) is 5.92 Å². The molecule has 0 fully saturated rings. The topological polar surface area (TPSA) is 84.5 Å². The first-order valence-electron chi connectivity index (χ1n) is 7.21. The van der Waals surface area contributed by atoms with Crippen molar-refractivity contribution in [3.05, 3.63) is 34.9 Å². The molecular weight excluding hydrogens is 320 g/mol. The van der Waals surface area contributed by atoms with E-state index in [1.165, 1.54) is 14.0 Å². The van der Waals surface area contributed by atoms with Crippen molar-refractivity contribution in [3.8, 4) is 0 Å². The molecular formula is C16H21ClN2O4. The molecule has 2 N–H and O–H groups in total. The number of amides is 2. The molecule has 2 unspecified atom stereocenters. The van der Waals surface area contributed by atoms with Crippen molar-refractivity contribution >= 4 is 29.4 Å². The summed E-state index contributed by atoms with van der Waals surface area (Å²) in [4.78, 5) is 35.8. The molecule has 1 aromatic rings. The van der Waals surface area contributed by atoms with E-state index in [9.17, 15) is 14.4 Å². The lowest BCUT2D eigenvalue weighted by atomic mass is 10.0. The summed E-state index contributed by atoms with van der Waals surface area (Å²) in [5.74, 6) is -1.52. The van der Waals surface area contributed by atoms with Gasteiger partial charge in [0.25, 0.3) is 5.91 Å². The largest absolute Gasteiger partial charge is 0.467 e. The molecule has 2 amide bonds. The predicted octanol–water partition coefficient (Wildman–Crippen LogP) is 1.77. The van der Waals surface area contributed by atoms with Gasteiger partial charge in [0.15, 0.2) is 0 Å². The molecule has 0 spiro atoms. The molecule has 0 saturated carbocycles. The van der Waals surface area contributed by atoms with E-state index in [1.807, 2.05) is 0 Å². The number of benzene rings is 1. The Morgan fingerprint density at radius 2 is 1.61 bits per heavy atom. The lowest BCUT2D eigenvalue weighted by Gasteiger charge is -2.22. The van der Waals surface area contributed by atoms with Crippen molar-refractivity contribution < 1.29 is 19.1 Å². The molecule has 126 valence electrons. The van der Waals surface area contributed by atoms with Gasteiger partial charge in [0.1, 0.15) is 12.1 Å². The Balaban J connectivity index is 2.67. The zero-order valence-electron chi connectivity index (χ0n) is 13.6. The second-order valence-electron chi connectivity index (χ2n) is 5.46. The maximum absolute atomic E-state index is 12.1. The van der Waals surface area contributed by atoms with Gasteiger partial charge in [-0.1, -0.05) is 25.4 Å². The Morgan fingerprint density at radius 3 is 2.09 bits per heavy atom. The van der Waals surface area contributed by atoms with Crippen LogP contribution in [0.4, 0.5) is 0 Å². The van der Waals surface area contributed by atoms with Gasteiger partial charge in [-0.25, -0.2) is 4.79 Å². The highest BCUT2D eigenvalue weighted by Gasteiger charge is 2.27. The monoisotopic (exact) mass is 340 g/mol. The molecule has 2 atom stereocenters. The van der Waals surface area contributed by atoms with Crippen LogP contribution in [0.1, 0.15) is 31.1 Å². The lowest BCUT2D eigenvalue weighted by molar-refractivity contribution is -0.146. The molecule has 0 heterocycles. The number of ether oxygens (including phenoxy) is 1. The second kappa shape index (κ2) is 8.53. The van der Waals surface area contributed by atoms with Crippen LogP contribution in [0.2, 0.25) is 5.02 Å². The van der Waals surface area contributed by atoms with Gasteiger partial charge < -0.3 is 15.4 Å².